The van der Waals surface area contributed by atoms with Crippen LogP contribution in [0.15, 0.2) is 59.5 Å². The number of benzene rings is 2. The summed E-state index contributed by atoms with van der Waals surface area (Å²) in [6.45, 7) is 2.98. The number of ether oxygens (including phenoxy) is 1. The van der Waals surface area contributed by atoms with Crippen molar-refractivity contribution in [1.82, 2.24) is 4.72 Å². The number of hydrogen-bond acceptors (Lipinski definition) is 3. The van der Waals surface area contributed by atoms with Gasteiger partial charge in [0.15, 0.2) is 0 Å². The van der Waals surface area contributed by atoms with Crippen molar-refractivity contribution in [2.45, 2.75) is 24.8 Å². The van der Waals surface area contributed by atoms with Crippen LogP contribution in [0.3, 0.4) is 0 Å². The molecule has 0 spiro atoms. The Morgan fingerprint density at radius 3 is 2.29 bits per heavy atom. The lowest BCUT2D eigenvalue weighted by atomic mass is 10.2. The Kier molecular flexibility index (Phi) is 5.36. The molecule has 0 fully saturated rings. The first-order valence-corrected chi connectivity index (χ1v) is 8.36. The van der Waals surface area contributed by atoms with E-state index in [1.54, 1.807) is 30.3 Å². The minimum Gasteiger partial charge on any atom is -0.494 e. The van der Waals surface area contributed by atoms with Gasteiger partial charge in [0.2, 0.25) is 10.0 Å². The zero-order chi connectivity index (χ0) is 15.1. The van der Waals surface area contributed by atoms with Gasteiger partial charge in [0.05, 0.1) is 11.5 Å². The average Bonchev–Trinajstić information content (AvgIpc) is 2.53. The second-order valence-corrected chi connectivity index (χ2v) is 6.40. The second kappa shape index (κ2) is 7.24. The molecule has 2 rings (SSSR count). The van der Waals surface area contributed by atoms with Crippen molar-refractivity contribution in [3.63, 3.8) is 0 Å². The molecule has 1 N–H and O–H groups in total. The van der Waals surface area contributed by atoms with E-state index >= 15 is 0 Å². The van der Waals surface area contributed by atoms with Crippen molar-refractivity contribution in [1.29, 1.82) is 0 Å². The Bertz CT molecular complexity index is 652. The van der Waals surface area contributed by atoms with Gasteiger partial charge in [-0.05, 0) is 36.2 Å². The molecule has 0 atom stereocenters. The Morgan fingerprint density at radius 1 is 1.00 bits per heavy atom. The minimum absolute atomic E-state index is 0.255. The van der Waals surface area contributed by atoms with Gasteiger partial charge >= 0.3 is 0 Å². The van der Waals surface area contributed by atoms with E-state index in [-0.39, 0.29) is 11.4 Å². The molecule has 0 saturated heterocycles. The van der Waals surface area contributed by atoms with Crippen LogP contribution in [0.25, 0.3) is 0 Å². The molecule has 0 bridgehead atoms. The molecular formula is C16H19NO3S. The SMILES string of the molecule is CCCOc1ccc(CNS(=O)(=O)c2ccccc2)cc1. The van der Waals surface area contributed by atoms with Gasteiger partial charge in [0, 0.05) is 6.54 Å². The van der Waals surface area contributed by atoms with Crippen LogP contribution in [0.5, 0.6) is 5.75 Å². The minimum atomic E-state index is -3.46. The molecule has 2 aromatic rings. The third-order valence-corrected chi connectivity index (χ3v) is 4.33. The molecule has 0 aliphatic heterocycles. The topological polar surface area (TPSA) is 55.4 Å². The molecule has 0 aromatic heterocycles. The maximum absolute atomic E-state index is 12.1. The third kappa shape index (κ3) is 4.58. The molecule has 21 heavy (non-hydrogen) atoms. The summed E-state index contributed by atoms with van der Waals surface area (Å²) >= 11 is 0. The summed E-state index contributed by atoms with van der Waals surface area (Å²) in [4.78, 5) is 0.271. The van der Waals surface area contributed by atoms with Crippen LogP contribution >= 0.6 is 0 Å². The van der Waals surface area contributed by atoms with Gasteiger partial charge in [-0.2, -0.15) is 0 Å². The Hall–Kier alpha value is -1.85. The molecule has 4 nitrogen and oxygen atoms in total. The lowest BCUT2D eigenvalue weighted by Crippen LogP contribution is -2.23. The van der Waals surface area contributed by atoms with E-state index < -0.39 is 10.0 Å². The molecular weight excluding hydrogens is 286 g/mol. The molecule has 0 aliphatic rings. The summed E-state index contributed by atoms with van der Waals surface area (Å²) in [7, 11) is -3.46. The zero-order valence-corrected chi connectivity index (χ0v) is 12.8. The van der Waals surface area contributed by atoms with Crippen LogP contribution in [0.2, 0.25) is 0 Å². The molecule has 2 aromatic carbocycles. The Morgan fingerprint density at radius 2 is 1.67 bits per heavy atom. The van der Waals surface area contributed by atoms with Gasteiger partial charge in [0.25, 0.3) is 0 Å². The van der Waals surface area contributed by atoms with Crippen molar-refractivity contribution >= 4 is 10.0 Å². The molecule has 0 saturated carbocycles. The lowest BCUT2D eigenvalue weighted by Gasteiger charge is -2.08. The molecule has 0 radical (unpaired) electrons. The van der Waals surface area contributed by atoms with E-state index in [4.69, 9.17) is 4.74 Å². The van der Waals surface area contributed by atoms with Crippen LogP contribution in [0.1, 0.15) is 18.9 Å². The van der Waals surface area contributed by atoms with E-state index in [0.717, 1.165) is 17.7 Å². The molecule has 0 amide bonds. The van der Waals surface area contributed by atoms with E-state index in [1.807, 2.05) is 31.2 Å². The van der Waals surface area contributed by atoms with E-state index in [1.165, 1.54) is 0 Å². The summed E-state index contributed by atoms with van der Waals surface area (Å²) in [5, 5.41) is 0. The van der Waals surface area contributed by atoms with Crippen molar-refractivity contribution in [2.24, 2.45) is 0 Å². The zero-order valence-electron chi connectivity index (χ0n) is 12.0. The highest BCUT2D eigenvalue weighted by Crippen LogP contribution is 2.13. The van der Waals surface area contributed by atoms with E-state index in [2.05, 4.69) is 4.72 Å². The second-order valence-electron chi connectivity index (χ2n) is 4.63. The molecule has 0 aliphatic carbocycles. The summed E-state index contributed by atoms with van der Waals surface area (Å²) in [5.41, 5.74) is 0.887. The van der Waals surface area contributed by atoms with Crippen LogP contribution in [0, 0.1) is 0 Å². The van der Waals surface area contributed by atoms with Crippen LogP contribution in [-0.4, -0.2) is 15.0 Å². The number of rotatable bonds is 7. The largest absolute Gasteiger partial charge is 0.494 e. The summed E-state index contributed by atoms with van der Waals surface area (Å²) in [5.74, 6) is 0.798. The quantitative estimate of drug-likeness (QED) is 0.855. The van der Waals surface area contributed by atoms with Gasteiger partial charge in [-0.15, -0.1) is 0 Å². The van der Waals surface area contributed by atoms with Crippen molar-refractivity contribution < 1.29 is 13.2 Å². The van der Waals surface area contributed by atoms with Gasteiger partial charge in [-0.3, -0.25) is 0 Å². The smallest absolute Gasteiger partial charge is 0.240 e. The third-order valence-electron chi connectivity index (χ3n) is 2.92. The molecule has 0 unspecified atom stereocenters. The van der Waals surface area contributed by atoms with Crippen LogP contribution in [-0.2, 0) is 16.6 Å². The standard InChI is InChI=1S/C16H19NO3S/c1-2-12-20-15-10-8-14(9-11-15)13-17-21(18,19)16-6-4-3-5-7-16/h3-11,17H,2,12-13H2,1H3. The number of nitrogens with one attached hydrogen (secondary N) is 1. The number of sulfonamides is 1. The molecule has 112 valence electrons. The first-order chi connectivity index (χ1) is 10.1. The monoisotopic (exact) mass is 305 g/mol. The molecule has 0 heterocycles. The predicted octanol–water partition coefficient (Wildman–Crippen LogP) is 2.95. The first kappa shape index (κ1) is 15.5. The average molecular weight is 305 g/mol. The van der Waals surface area contributed by atoms with Crippen LogP contribution in [0.4, 0.5) is 0 Å². The highest BCUT2D eigenvalue weighted by Gasteiger charge is 2.12. The van der Waals surface area contributed by atoms with Crippen molar-refractivity contribution in [2.75, 3.05) is 6.61 Å². The van der Waals surface area contributed by atoms with E-state index in [0.29, 0.717) is 6.61 Å². The van der Waals surface area contributed by atoms with Gasteiger partial charge in [-0.1, -0.05) is 37.3 Å². The van der Waals surface area contributed by atoms with Crippen LogP contribution < -0.4 is 9.46 Å². The predicted molar refractivity (Wildman–Crippen MR) is 82.7 cm³/mol. The highest BCUT2D eigenvalue weighted by molar-refractivity contribution is 7.89. The fourth-order valence-electron chi connectivity index (χ4n) is 1.78. The van der Waals surface area contributed by atoms with Gasteiger partial charge < -0.3 is 4.74 Å². The fraction of sp³-hybridized carbons (Fsp3) is 0.250. The highest BCUT2D eigenvalue weighted by atomic mass is 32.2. The summed E-state index contributed by atoms with van der Waals surface area (Å²) in [6, 6.07) is 15.8. The van der Waals surface area contributed by atoms with Crippen molar-refractivity contribution in [3.8, 4) is 5.75 Å². The maximum atomic E-state index is 12.1. The lowest BCUT2D eigenvalue weighted by molar-refractivity contribution is 0.317. The maximum Gasteiger partial charge on any atom is 0.240 e. The van der Waals surface area contributed by atoms with Gasteiger partial charge in [-0.25, -0.2) is 13.1 Å². The first-order valence-electron chi connectivity index (χ1n) is 6.88. The van der Waals surface area contributed by atoms with Gasteiger partial charge in [0.1, 0.15) is 5.75 Å². The fourth-order valence-corrected chi connectivity index (χ4v) is 2.82. The molecule has 5 heteroatoms. The number of hydrogen-bond donors (Lipinski definition) is 1. The Labute approximate surface area is 125 Å². The normalized spacial score (nSPS) is 11.3. The van der Waals surface area contributed by atoms with Crippen molar-refractivity contribution in [3.05, 3.63) is 60.2 Å². The summed E-state index contributed by atoms with van der Waals surface area (Å²) < 4.78 is 32.2. The Balaban J connectivity index is 1.97. The summed E-state index contributed by atoms with van der Waals surface area (Å²) in [6.07, 6.45) is 0.957. The van der Waals surface area contributed by atoms with E-state index in [9.17, 15) is 8.42 Å².